The number of hydrogen-bond donors (Lipinski definition) is 0. The van der Waals surface area contributed by atoms with Crippen LogP contribution < -0.4 is 23.7 Å². The first-order valence-electron chi connectivity index (χ1n) is 9.48. The van der Waals surface area contributed by atoms with Gasteiger partial charge in [0.25, 0.3) is 0 Å². The second-order valence-electron chi connectivity index (χ2n) is 6.98. The van der Waals surface area contributed by atoms with Gasteiger partial charge in [-0.15, -0.1) is 0 Å². The summed E-state index contributed by atoms with van der Waals surface area (Å²) in [6, 6.07) is 7.55. The summed E-state index contributed by atoms with van der Waals surface area (Å²) in [5.74, 6) is 2.97. The van der Waals surface area contributed by atoms with Gasteiger partial charge in [0, 0.05) is 14.2 Å². The van der Waals surface area contributed by atoms with Crippen molar-refractivity contribution >= 4 is 11.0 Å². The van der Waals surface area contributed by atoms with E-state index in [0.717, 1.165) is 16.5 Å². The summed E-state index contributed by atoms with van der Waals surface area (Å²) in [6.45, 7) is 0.203. The Bertz CT molecular complexity index is 1090. The molecule has 0 bridgehead atoms. The molecule has 158 valence electrons. The minimum Gasteiger partial charge on any atom is -0.492 e. The molecule has 0 spiro atoms. The van der Waals surface area contributed by atoms with Crippen LogP contribution in [0.2, 0.25) is 0 Å². The predicted octanol–water partition coefficient (Wildman–Crippen LogP) is 4.01. The molecule has 0 unspecified atom stereocenters. The molecule has 0 aliphatic carbocycles. The van der Waals surface area contributed by atoms with E-state index in [1.165, 1.54) is 0 Å². The topological polar surface area (TPSA) is 77.8 Å². The SMILES string of the molecule is COc1c2c(c3ccoc3c1OC)O[C@H](c1ccc3c(c1)OCO3)[C@H](OC)[C@@H]2OC. The highest BCUT2D eigenvalue weighted by Crippen LogP contribution is 2.55. The number of methoxy groups -OCH3 is 4. The van der Waals surface area contributed by atoms with Gasteiger partial charge in [0.05, 0.1) is 31.4 Å². The molecule has 0 amide bonds. The van der Waals surface area contributed by atoms with Crippen LogP contribution in [0.3, 0.4) is 0 Å². The summed E-state index contributed by atoms with van der Waals surface area (Å²) in [5.41, 5.74) is 2.14. The minimum absolute atomic E-state index is 0.203. The van der Waals surface area contributed by atoms with E-state index >= 15 is 0 Å². The maximum absolute atomic E-state index is 6.53. The second-order valence-corrected chi connectivity index (χ2v) is 6.98. The van der Waals surface area contributed by atoms with Crippen molar-refractivity contribution in [2.75, 3.05) is 35.2 Å². The van der Waals surface area contributed by atoms with Crippen LogP contribution in [0, 0.1) is 0 Å². The molecular formula is C22H22O8. The lowest BCUT2D eigenvalue weighted by Crippen LogP contribution is -2.37. The second kappa shape index (κ2) is 7.30. The fraction of sp³-hybridized carbons (Fsp3) is 0.364. The first-order valence-corrected chi connectivity index (χ1v) is 9.48. The van der Waals surface area contributed by atoms with E-state index in [-0.39, 0.29) is 6.79 Å². The molecule has 1 aromatic heterocycles. The maximum atomic E-state index is 6.53. The van der Waals surface area contributed by atoms with Gasteiger partial charge in [0.1, 0.15) is 18.0 Å². The molecule has 0 radical (unpaired) electrons. The molecule has 2 aliphatic rings. The highest BCUT2D eigenvalue weighted by atomic mass is 16.7. The lowest BCUT2D eigenvalue weighted by atomic mass is 9.89. The van der Waals surface area contributed by atoms with Gasteiger partial charge in [-0.25, -0.2) is 0 Å². The molecule has 0 saturated heterocycles. The third-order valence-corrected chi connectivity index (χ3v) is 5.60. The van der Waals surface area contributed by atoms with Gasteiger partial charge in [0.15, 0.2) is 28.9 Å². The molecule has 8 nitrogen and oxygen atoms in total. The van der Waals surface area contributed by atoms with E-state index in [4.69, 9.17) is 37.6 Å². The molecule has 3 atom stereocenters. The third kappa shape index (κ3) is 2.60. The molecule has 3 heterocycles. The standard InChI is InChI=1S/C22H22O8/c1-23-19-15-17(12-7-8-27-18(12)22(26-4)20(15)24-2)30-16(21(19)25-3)11-5-6-13-14(9-11)29-10-28-13/h5-9,16,19,21H,10H2,1-4H3/t16-,19-,21+/m1/s1. The number of hydrogen-bond acceptors (Lipinski definition) is 8. The van der Waals surface area contributed by atoms with Gasteiger partial charge in [-0.1, -0.05) is 6.07 Å². The first-order chi connectivity index (χ1) is 14.7. The van der Waals surface area contributed by atoms with Crippen molar-refractivity contribution in [3.63, 3.8) is 0 Å². The molecule has 0 N–H and O–H groups in total. The largest absolute Gasteiger partial charge is 0.492 e. The van der Waals surface area contributed by atoms with E-state index in [0.29, 0.717) is 34.3 Å². The Hall–Kier alpha value is -3.10. The van der Waals surface area contributed by atoms with Gasteiger partial charge in [0.2, 0.25) is 12.5 Å². The molecular weight excluding hydrogens is 392 g/mol. The number of furan rings is 1. The van der Waals surface area contributed by atoms with Crippen molar-refractivity contribution < 1.29 is 37.6 Å². The number of benzene rings is 2. The molecule has 0 saturated carbocycles. The molecule has 2 aromatic carbocycles. The Morgan fingerprint density at radius 1 is 0.900 bits per heavy atom. The van der Waals surface area contributed by atoms with Crippen molar-refractivity contribution in [3.8, 4) is 28.7 Å². The number of rotatable bonds is 5. The van der Waals surface area contributed by atoms with E-state index in [1.807, 2.05) is 24.3 Å². The van der Waals surface area contributed by atoms with Gasteiger partial charge in [-0.05, 0) is 23.8 Å². The van der Waals surface area contributed by atoms with Crippen LogP contribution in [0.15, 0.2) is 34.9 Å². The molecule has 5 rings (SSSR count). The van der Waals surface area contributed by atoms with Crippen LogP contribution in [-0.2, 0) is 9.47 Å². The van der Waals surface area contributed by atoms with Crippen molar-refractivity contribution in [2.24, 2.45) is 0 Å². The summed E-state index contributed by atoms with van der Waals surface area (Å²) in [4.78, 5) is 0. The highest BCUT2D eigenvalue weighted by molar-refractivity contribution is 5.94. The van der Waals surface area contributed by atoms with Crippen LogP contribution >= 0.6 is 0 Å². The lowest BCUT2D eigenvalue weighted by molar-refractivity contribution is -0.106. The van der Waals surface area contributed by atoms with Crippen molar-refractivity contribution in [1.29, 1.82) is 0 Å². The summed E-state index contributed by atoms with van der Waals surface area (Å²) in [6.07, 6.45) is 0.206. The molecule has 0 fully saturated rings. The zero-order valence-corrected chi connectivity index (χ0v) is 17.1. The van der Waals surface area contributed by atoms with Crippen molar-refractivity contribution in [3.05, 3.63) is 41.7 Å². The average molecular weight is 414 g/mol. The Labute approximate surface area is 173 Å². The molecule has 30 heavy (non-hydrogen) atoms. The Balaban J connectivity index is 1.72. The fourth-order valence-corrected chi connectivity index (χ4v) is 4.28. The zero-order valence-electron chi connectivity index (χ0n) is 17.1. The van der Waals surface area contributed by atoms with E-state index < -0.39 is 18.3 Å². The van der Waals surface area contributed by atoms with Crippen molar-refractivity contribution in [1.82, 2.24) is 0 Å². The van der Waals surface area contributed by atoms with E-state index in [2.05, 4.69) is 0 Å². The smallest absolute Gasteiger partial charge is 0.231 e. The normalized spacial score (nSPS) is 21.9. The van der Waals surface area contributed by atoms with Crippen LogP contribution in [-0.4, -0.2) is 41.3 Å². The van der Waals surface area contributed by atoms with Crippen LogP contribution in [0.1, 0.15) is 23.3 Å². The average Bonchev–Trinajstić information content (AvgIpc) is 3.45. The molecule has 3 aromatic rings. The zero-order chi connectivity index (χ0) is 20.8. The van der Waals surface area contributed by atoms with Crippen LogP contribution in [0.4, 0.5) is 0 Å². The number of ether oxygens (including phenoxy) is 7. The first kappa shape index (κ1) is 18.9. The molecule has 8 heteroatoms. The van der Waals surface area contributed by atoms with E-state index in [1.54, 1.807) is 34.7 Å². The summed E-state index contributed by atoms with van der Waals surface area (Å²) in [5, 5.41) is 0.769. The Kier molecular flexibility index (Phi) is 4.60. The monoisotopic (exact) mass is 414 g/mol. The van der Waals surface area contributed by atoms with Gasteiger partial charge in [-0.3, -0.25) is 0 Å². The highest BCUT2D eigenvalue weighted by Gasteiger charge is 2.44. The van der Waals surface area contributed by atoms with Crippen LogP contribution in [0.5, 0.6) is 28.7 Å². The number of fused-ring (bicyclic) bond motifs is 4. The van der Waals surface area contributed by atoms with E-state index in [9.17, 15) is 0 Å². The van der Waals surface area contributed by atoms with Gasteiger partial charge in [-0.2, -0.15) is 0 Å². The predicted molar refractivity (Wildman–Crippen MR) is 106 cm³/mol. The molecule has 2 aliphatic heterocycles. The minimum atomic E-state index is -0.475. The lowest BCUT2D eigenvalue weighted by Gasteiger charge is -2.39. The fourth-order valence-electron chi connectivity index (χ4n) is 4.28. The summed E-state index contributed by atoms with van der Waals surface area (Å²) in [7, 11) is 6.41. The van der Waals surface area contributed by atoms with Crippen molar-refractivity contribution in [2.45, 2.75) is 18.3 Å². The Morgan fingerprint density at radius 3 is 2.43 bits per heavy atom. The van der Waals surface area contributed by atoms with Crippen LogP contribution in [0.25, 0.3) is 11.0 Å². The summed E-state index contributed by atoms with van der Waals surface area (Å²) >= 11 is 0. The Morgan fingerprint density at radius 2 is 1.70 bits per heavy atom. The quantitative estimate of drug-likeness (QED) is 0.620. The third-order valence-electron chi connectivity index (χ3n) is 5.60. The van der Waals surface area contributed by atoms with Gasteiger partial charge >= 0.3 is 0 Å². The van der Waals surface area contributed by atoms with Gasteiger partial charge < -0.3 is 37.6 Å². The maximum Gasteiger partial charge on any atom is 0.231 e. The summed E-state index contributed by atoms with van der Waals surface area (Å²) < 4.78 is 46.3.